The molecule has 106 valence electrons. The average Bonchev–Trinajstić information content (AvgIpc) is 2.95. The summed E-state index contributed by atoms with van der Waals surface area (Å²) in [6.07, 6.45) is 1.97. The zero-order valence-electron chi connectivity index (χ0n) is 11.8. The molecular weight excluding hydrogens is 274 g/mol. The first-order chi connectivity index (χ1) is 9.49. The van der Waals surface area contributed by atoms with Crippen LogP contribution in [0, 0.1) is 6.92 Å². The summed E-state index contributed by atoms with van der Waals surface area (Å²) < 4.78 is 2.30. The summed E-state index contributed by atoms with van der Waals surface area (Å²) in [5, 5.41) is 1.95. The fraction of sp³-hybridized carbons (Fsp3) is 0.500. The van der Waals surface area contributed by atoms with Gasteiger partial charge in [0.1, 0.15) is 4.70 Å². The number of carbonyl (C=O) groups is 1. The second-order valence-electron chi connectivity index (χ2n) is 5.55. The molecule has 2 aromatic rings. The van der Waals surface area contributed by atoms with Crippen molar-refractivity contribution in [2.45, 2.75) is 39.3 Å². The summed E-state index contributed by atoms with van der Waals surface area (Å²) in [7, 11) is 0. The van der Waals surface area contributed by atoms with Gasteiger partial charge in [0, 0.05) is 19.0 Å². The predicted molar refractivity (Wildman–Crippen MR) is 79.1 cm³/mol. The lowest BCUT2D eigenvalue weighted by atomic mass is 10.2. The second-order valence-corrected chi connectivity index (χ2v) is 6.43. The molecule has 6 heteroatoms. The van der Waals surface area contributed by atoms with Gasteiger partial charge >= 0.3 is 0 Å². The molecule has 0 N–H and O–H groups in total. The lowest BCUT2D eigenvalue weighted by molar-refractivity contribution is -0.129. The molecular formula is C14H17N3O2S. The first-order valence-electron chi connectivity index (χ1n) is 6.73. The first kappa shape index (κ1) is 13.3. The van der Waals surface area contributed by atoms with Gasteiger partial charge in [0.25, 0.3) is 5.56 Å². The number of hydrogen-bond donors (Lipinski definition) is 0. The number of amides is 1. The molecule has 0 aliphatic carbocycles. The smallest absolute Gasteiger partial charge is 0.271 e. The van der Waals surface area contributed by atoms with Crippen molar-refractivity contribution in [3.8, 4) is 0 Å². The number of aromatic nitrogens is 2. The number of carbonyl (C=O) groups excluding carboxylic acids is 1. The van der Waals surface area contributed by atoms with Crippen molar-refractivity contribution in [2.75, 3.05) is 6.54 Å². The number of nitrogens with zero attached hydrogens (tertiary/aromatic N) is 3. The standard InChI is InChI=1S/C14H17N3O2S/c1-8(2)16-5-10(4-11(16)18)17-7-15-12-9(3)6-20-13(12)14(17)19/h6-8,10H,4-5H2,1-3H3/t10-/m1/s1. The van der Waals surface area contributed by atoms with Crippen LogP contribution in [0.4, 0.5) is 0 Å². The SMILES string of the molecule is Cc1csc2c(=O)n([C@@H]3CC(=O)N(C(C)C)C3)cnc12. The molecule has 0 unspecified atom stereocenters. The van der Waals surface area contributed by atoms with Gasteiger partial charge in [-0.3, -0.25) is 14.2 Å². The summed E-state index contributed by atoms with van der Waals surface area (Å²) >= 11 is 1.43. The minimum Gasteiger partial charge on any atom is -0.338 e. The molecule has 3 heterocycles. The third-order valence-corrected chi connectivity index (χ3v) is 4.91. The van der Waals surface area contributed by atoms with Crippen molar-refractivity contribution in [1.82, 2.24) is 14.5 Å². The van der Waals surface area contributed by atoms with Gasteiger partial charge in [0.05, 0.1) is 17.9 Å². The number of hydrogen-bond acceptors (Lipinski definition) is 4. The van der Waals surface area contributed by atoms with Crippen LogP contribution in [0.1, 0.15) is 31.9 Å². The van der Waals surface area contributed by atoms with Crippen molar-refractivity contribution in [3.05, 3.63) is 27.6 Å². The normalized spacial score (nSPS) is 19.5. The van der Waals surface area contributed by atoms with Crippen LogP contribution in [-0.2, 0) is 4.79 Å². The fourth-order valence-electron chi connectivity index (χ4n) is 2.70. The highest BCUT2D eigenvalue weighted by atomic mass is 32.1. The number of aryl methyl sites for hydroxylation is 1. The van der Waals surface area contributed by atoms with Crippen LogP contribution in [0.2, 0.25) is 0 Å². The molecule has 20 heavy (non-hydrogen) atoms. The average molecular weight is 291 g/mol. The Morgan fingerprint density at radius 2 is 2.15 bits per heavy atom. The van der Waals surface area contributed by atoms with E-state index in [1.165, 1.54) is 11.3 Å². The molecule has 5 nitrogen and oxygen atoms in total. The highest BCUT2D eigenvalue weighted by molar-refractivity contribution is 7.17. The van der Waals surface area contributed by atoms with Crippen LogP contribution >= 0.6 is 11.3 Å². The molecule has 1 aliphatic heterocycles. The Bertz CT molecular complexity index is 732. The van der Waals surface area contributed by atoms with Gasteiger partial charge in [0.15, 0.2) is 0 Å². The zero-order valence-corrected chi connectivity index (χ0v) is 12.6. The Hall–Kier alpha value is -1.69. The van der Waals surface area contributed by atoms with E-state index in [9.17, 15) is 9.59 Å². The van der Waals surface area contributed by atoms with Crippen molar-refractivity contribution in [1.29, 1.82) is 0 Å². The van der Waals surface area contributed by atoms with Crippen LogP contribution in [0.5, 0.6) is 0 Å². The van der Waals surface area contributed by atoms with Gasteiger partial charge in [0.2, 0.25) is 5.91 Å². The summed E-state index contributed by atoms with van der Waals surface area (Å²) in [6, 6.07) is 0.0700. The van der Waals surface area contributed by atoms with Crippen LogP contribution in [0.25, 0.3) is 10.2 Å². The van der Waals surface area contributed by atoms with Crippen LogP contribution in [0.3, 0.4) is 0 Å². The van der Waals surface area contributed by atoms with E-state index in [2.05, 4.69) is 4.98 Å². The van der Waals surface area contributed by atoms with E-state index in [1.807, 2.05) is 31.1 Å². The molecule has 2 aromatic heterocycles. The highest BCUT2D eigenvalue weighted by Gasteiger charge is 2.33. The second kappa shape index (κ2) is 4.70. The Morgan fingerprint density at radius 1 is 1.40 bits per heavy atom. The number of likely N-dealkylation sites (tertiary alicyclic amines) is 1. The summed E-state index contributed by atoms with van der Waals surface area (Å²) in [4.78, 5) is 30.7. The van der Waals surface area contributed by atoms with Crippen LogP contribution < -0.4 is 5.56 Å². The van der Waals surface area contributed by atoms with Crippen molar-refractivity contribution >= 4 is 27.5 Å². The maximum atomic E-state index is 12.5. The number of thiophene rings is 1. The van der Waals surface area contributed by atoms with E-state index in [4.69, 9.17) is 0 Å². The van der Waals surface area contributed by atoms with Gasteiger partial charge in [-0.2, -0.15) is 0 Å². The topological polar surface area (TPSA) is 55.2 Å². The number of fused-ring (bicyclic) bond motifs is 1. The Morgan fingerprint density at radius 3 is 2.80 bits per heavy atom. The van der Waals surface area contributed by atoms with Gasteiger partial charge in [-0.05, 0) is 31.7 Å². The third kappa shape index (κ3) is 1.95. The number of rotatable bonds is 2. The predicted octanol–water partition coefficient (Wildman–Crippen LogP) is 1.95. The highest BCUT2D eigenvalue weighted by Crippen LogP contribution is 2.25. The van der Waals surface area contributed by atoms with E-state index in [1.54, 1.807) is 10.9 Å². The molecule has 0 bridgehead atoms. The van der Waals surface area contributed by atoms with E-state index < -0.39 is 0 Å². The molecule has 1 aliphatic rings. The molecule has 1 fully saturated rings. The van der Waals surface area contributed by atoms with Gasteiger partial charge in [-0.1, -0.05) is 0 Å². The van der Waals surface area contributed by atoms with Gasteiger partial charge in [-0.15, -0.1) is 11.3 Å². The molecule has 1 amide bonds. The van der Waals surface area contributed by atoms with Crippen molar-refractivity contribution in [2.24, 2.45) is 0 Å². The van der Waals surface area contributed by atoms with Crippen molar-refractivity contribution < 1.29 is 4.79 Å². The van der Waals surface area contributed by atoms with Gasteiger partial charge in [-0.25, -0.2) is 4.98 Å². The zero-order chi connectivity index (χ0) is 14.4. The minimum atomic E-state index is -0.100. The van der Waals surface area contributed by atoms with Crippen LogP contribution in [-0.4, -0.2) is 32.9 Å². The van der Waals surface area contributed by atoms with Crippen LogP contribution in [0.15, 0.2) is 16.5 Å². The van der Waals surface area contributed by atoms with E-state index >= 15 is 0 Å². The third-order valence-electron chi connectivity index (χ3n) is 3.84. The quantitative estimate of drug-likeness (QED) is 0.850. The van der Waals surface area contributed by atoms with Crippen molar-refractivity contribution in [3.63, 3.8) is 0 Å². The fourth-order valence-corrected chi connectivity index (χ4v) is 3.64. The molecule has 0 radical (unpaired) electrons. The molecule has 1 atom stereocenters. The lowest BCUT2D eigenvalue weighted by Crippen LogP contribution is -2.33. The van der Waals surface area contributed by atoms with Gasteiger partial charge < -0.3 is 4.90 Å². The molecule has 3 rings (SSSR count). The largest absolute Gasteiger partial charge is 0.338 e. The van der Waals surface area contributed by atoms with E-state index in [0.717, 1.165) is 11.1 Å². The maximum absolute atomic E-state index is 12.5. The molecule has 0 saturated carbocycles. The molecule has 0 aromatic carbocycles. The first-order valence-corrected chi connectivity index (χ1v) is 7.61. The summed E-state index contributed by atoms with van der Waals surface area (Å²) in [5.41, 5.74) is 1.78. The molecule has 1 saturated heterocycles. The maximum Gasteiger partial charge on any atom is 0.271 e. The monoisotopic (exact) mass is 291 g/mol. The van der Waals surface area contributed by atoms with E-state index in [0.29, 0.717) is 17.7 Å². The Kier molecular flexibility index (Phi) is 3.12. The Balaban J connectivity index is 2.02. The molecule has 0 spiro atoms. The summed E-state index contributed by atoms with van der Waals surface area (Å²) in [5.74, 6) is 0.111. The Labute approximate surface area is 120 Å². The summed E-state index contributed by atoms with van der Waals surface area (Å²) in [6.45, 7) is 6.53. The van der Waals surface area contributed by atoms with E-state index in [-0.39, 0.29) is 23.6 Å². The minimum absolute atomic E-state index is 0.0310. The lowest BCUT2D eigenvalue weighted by Gasteiger charge is -2.21.